The summed E-state index contributed by atoms with van der Waals surface area (Å²) in [6, 6.07) is 10.2. The SMILES string of the molecule is CC1CC1CCCNC(=O)c1ccc(C(=O)Nc2ccccc2N)nc1. The third kappa shape index (κ3) is 4.59. The number of hydrogen-bond acceptors (Lipinski definition) is 4. The normalized spacial score (nSPS) is 18.2. The maximum atomic E-state index is 12.2. The maximum Gasteiger partial charge on any atom is 0.274 e. The first-order valence-electron chi connectivity index (χ1n) is 8.94. The first kappa shape index (κ1) is 17.9. The molecule has 1 aromatic heterocycles. The molecule has 0 radical (unpaired) electrons. The first-order chi connectivity index (χ1) is 12.5. The van der Waals surface area contributed by atoms with Crippen LogP contribution in [0, 0.1) is 11.8 Å². The highest BCUT2D eigenvalue weighted by atomic mass is 16.2. The van der Waals surface area contributed by atoms with Gasteiger partial charge >= 0.3 is 0 Å². The van der Waals surface area contributed by atoms with Crippen molar-refractivity contribution >= 4 is 23.2 Å². The molecule has 2 atom stereocenters. The molecule has 1 aromatic carbocycles. The number of nitrogen functional groups attached to an aromatic ring is 1. The van der Waals surface area contributed by atoms with Crippen LogP contribution >= 0.6 is 0 Å². The summed E-state index contributed by atoms with van der Waals surface area (Å²) in [5.41, 5.74) is 7.50. The van der Waals surface area contributed by atoms with Crippen LogP contribution in [0.4, 0.5) is 11.4 Å². The number of nitrogens with one attached hydrogen (secondary N) is 2. The number of nitrogens with two attached hydrogens (primary N) is 1. The Kier molecular flexibility index (Phi) is 5.51. The van der Waals surface area contributed by atoms with Gasteiger partial charge in [0, 0.05) is 12.7 Å². The van der Waals surface area contributed by atoms with E-state index in [-0.39, 0.29) is 17.5 Å². The van der Waals surface area contributed by atoms with Crippen LogP contribution in [0.2, 0.25) is 0 Å². The van der Waals surface area contributed by atoms with Gasteiger partial charge in [0.05, 0.1) is 16.9 Å². The van der Waals surface area contributed by atoms with Crippen molar-refractivity contribution in [2.24, 2.45) is 11.8 Å². The van der Waals surface area contributed by atoms with Crippen LogP contribution in [-0.4, -0.2) is 23.3 Å². The van der Waals surface area contributed by atoms with Gasteiger partial charge < -0.3 is 16.4 Å². The van der Waals surface area contributed by atoms with Crippen LogP contribution in [-0.2, 0) is 0 Å². The molecule has 2 aromatic rings. The Bertz CT molecular complexity index is 789. The minimum Gasteiger partial charge on any atom is -0.397 e. The van der Waals surface area contributed by atoms with E-state index in [0.717, 1.165) is 18.3 Å². The number of rotatable bonds is 7. The highest BCUT2D eigenvalue weighted by Crippen LogP contribution is 2.41. The zero-order valence-electron chi connectivity index (χ0n) is 14.9. The minimum absolute atomic E-state index is 0.166. The van der Waals surface area contributed by atoms with Gasteiger partial charge in [0.25, 0.3) is 11.8 Å². The van der Waals surface area contributed by atoms with Crippen molar-refractivity contribution in [2.75, 3.05) is 17.6 Å². The monoisotopic (exact) mass is 352 g/mol. The number of pyridine rings is 1. The van der Waals surface area contributed by atoms with Gasteiger partial charge in [-0.25, -0.2) is 0 Å². The Labute approximate surface area is 153 Å². The van der Waals surface area contributed by atoms with Gasteiger partial charge in [0.2, 0.25) is 0 Å². The van der Waals surface area contributed by atoms with Crippen LogP contribution in [0.5, 0.6) is 0 Å². The molecule has 1 heterocycles. The zero-order valence-corrected chi connectivity index (χ0v) is 14.9. The van der Waals surface area contributed by atoms with Gasteiger partial charge in [-0.3, -0.25) is 14.6 Å². The summed E-state index contributed by atoms with van der Waals surface area (Å²) in [4.78, 5) is 28.4. The Morgan fingerprint density at radius 2 is 1.96 bits per heavy atom. The van der Waals surface area contributed by atoms with Crippen molar-refractivity contribution in [3.05, 3.63) is 53.9 Å². The average Bonchev–Trinajstić information content (AvgIpc) is 3.35. The van der Waals surface area contributed by atoms with Crippen molar-refractivity contribution in [3.8, 4) is 0 Å². The van der Waals surface area contributed by atoms with E-state index in [2.05, 4.69) is 22.5 Å². The molecular weight excluding hydrogens is 328 g/mol. The second kappa shape index (κ2) is 7.99. The van der Waals surface area contributed by atoms with Crippen LogP contribution in [0.25, 0.3) is 0 Å². The molecular formula is C20H24N4O2. The minimum atomic E-state index is -0.367. The molecule has 0 aliphatic heterocycles. The van der Waals surface area contributed by atoms with Crippen LogP contribution in [0.15, 0.2) is 42.6 Å². The van der Waals surface area contributed by atoms with Gasteiger partial charge in [-0.05, 0) is 55.4 Å². The topological polar surface area (TPSA) is 97.1 Å². The van der Waals surface area contributed by atoms with E-state index in [1.165, 1.54) is 25.1 Å². The van der Waals surface area contributed by atoms with E-state index in [0.29, 0.717) is 23.5 Å². The van der Waals surface area contributed by atoms with Crippen molar-refractivity contribution in [1.29, 1.82) is 0 Å². The molecule has 3 rings (SSSR count). The van der Waals surface area contributed by atoms with Crippen LogP contribution in [0.1, 0.15) is 47.0 Å². The molecule has 1 saturated carbocycles. The van der Waals surface area contributed by atoms with Crippen LogP contribution < -0.4 is 16.4 Å². The molecule has 0 spiro atoms. The number of hydrogen-bond donors (Lipinski definition) is 3. The summed E-state index contributed by atoms with van der Waals surface area (Å²) in [5, 5.41) is 5.61. The third-order valence-electron chi connectivity index (χ3n) is 4.78. The lowest BCUT2D eigenvalue weighted by atomic mass is 10.2. The summed E-state index contributed by atoms with van der Waals surface area (Å²) in [6.45, 7) is 2.93. The first-order valence-corrected chi connectivity index (χ1v) is 8.94. The summed E-state index contributed by atoms with van der Waals surface area (Å²) < 4.78 is 0. The van der Waals surface area contributed by atoms with Crippen molar-refractivity contribution in [1.82, 2.24) is 10.3 Å². The number of benzene rings is 1. The molecule has 26 heavy (non-hydrogen) atoms. The molecule has 6 nitrogen and oxygen atoms in total. The van der Waals surface area contributed by atoms with Gasteiger partial charge in [-0.2, -0.15) is 0 Å². The number of para-hydroxylation sites is 2. The van der Waals surface area contributed by atoms with E-state index in [4.69, 9.17) is 5.73 Å². The Hall–Kier alpha value is -2.89. The van der Waals surface area contributed by atoms with E-state index in [1.807, 2.05) is 0 Å². The number of carbonyl (C=O) groups excluding carboxylic acids is 2. The number of carbonyl (C=O) groups is 2. The van der Waals surface area contributed by atoms with E-state index < -0.39 is 0 Å². The average molecular weight is 352 g/mol. The van der Waals surface area contributed by atoms with Gasteiger partial charge in [-0.1, -0.05) is 19.1 Å². The Morgan fingerprint density at radius 1 is 1.19 bits per heavy atom. The van der Waals surface area contributed by atoms with Crippen molar-refractivity contribution < 1.29 is 9.59 Å². The molecule has 0 bridgehead atoms. The molecule has 4 N–H and O–H groups in total. The fourth-order valence-corrected chi connectivity index (χ4v) is 2.93. The second-order valence-corrected chi connectivity index (χ2v) is 6.84. The van der Waals surface area contributed by atoms with Gasteiger partial charge in [0.15, 0.2) is 0 Å². The second-order valence-electron chi connectivity index (χ2n) is 6.84. The fraction of sp³-hybridized carbons (Fsp3) is 0.350. The number of amides is 2. The molecule has 0 saturated heterocycles. The number of anilines is 2. The molecule has 6 heteroatoms. The number of aromatic nitrogens is 1. The molecule has 2 amide bonds. The van der Waals surface area contributed by atoms with Gasteiger partial charge in [-0.15, -0.1) is 0 Å². The maximum absolute atomic E-state index is 12.2. The quantitative estimate of drug-likeness (QED) is 0.527. The lowest BCUT2D eigenvalue weighted by molar-refractivity contribution is 0.0950. The predicted octanol–water partition coefficient (Wildman–Crippen LogP) is 3.08. The standard InChI is InChI=1S/C20H24N4O2/c1-13-11-14(13)5-4-10-22-19(25)15-8-9-18(23-12-15)20(26)24-17-7-3-2-6-16(17)21/h2-3,6-9,12-14H,4-5,10-11,21H2,1H3,(H,22,25)(H,24,26). The lowest BCUT2D eigenvalue weighted by Crippen LogP contribution is -2.25. The van der Waals surface area contributed by atoms with E-state index in [1.54, 1.807) is 30.3 Å². The zero-order chi connectivity index (χ0) is 18.5. The summed E-state index contributed by atoms with van der Waals surface area (Å²) in [5.74, 6) is 1.15. The van der Waals surface area contributed by atoms with Crippen LogP contribution in [0.3, 0.4) is 0 Å². The third-order valence-corrected chi connectivity index (χ3v) is 4.78. The molecule has 1 aliphatic carbocycles. The molecule has 136 valence electrons. The lowest BCUT2D eigenvalue weighted by Gasteiger charge is -2.08. The highest BCUT2D eigenvalue weighted by Gasteiger charge is 2.31. The fourth-order valence-electron chi connectivity index (χ4n) is 2.93. The van der Waals surface area contributed by atoms with Gasteiger partial charge in [0.1, 0.15) is 5.69 Å². The molecule has 1 fully saturated rings. The molecule has 1 aliphatic rings. The predicted molar refractivity (Wildman–Crippen MR) is 102 cm³/mol. The number of nitrogens with zero attached hydrogens (tertiary/aromatic N) is 1. The summed E-state index contributed by atoms with van der Waals surface area (Å²) >= 11 is 0. The highest BCUT2D eigenvalue weighted by molar-refractivity contribution is 6.04. The summed E-state index contributed by atoms with van der Waals surface area (Å²) in [7, 11) is 0. The van der Waals surface area contributed by atoms with E-state index >= 15 is 0 Å². The van der Waals surface area contributed by atoms with Crippen molar-refractivity contribution in [3.63, 3.8) is 0 Å². The van der Waals surface area contributed by atoms with Crippen molar-refractivity contribution in [2.45, 2.75) is 26.2 Å². The largest absolute Gasteiger partial charge is 0.397 e. The Balaban J connectivity index is 1.49. The summed E-state index contributed by atoms with van der Waals surface area (Å²) in [6.07, 6.45) is 4.90. The van der Waals surface area contributed by atoms with E-state index in [9.17, 15) is 9.59 Å². The molecule has 2 unspecified atom stereocenters. The Morgan fingerprint density at radius 3 is 2.62 bits per heavy atom. The smallest absolute Gasteiger partial charge is 0.274 e.